The van der Waals surface area contributed by atoms with Crippen molar-refractivity contribution in [2.45, 2.75) is 38.8 Å². The third-order valence-electron chi connectivity index (χ3n) is 3.47. The lowest BCUT2D eigenvalue weighted by molar-refractivity contribution is 0.301. The summed E-state index contributed by atoms with van der Waals surface area (Å²) >= 11 is 0. The summed E-state index contributed by atoms with van der Waals surface area (Å²) in [5.41, 5.74) is 0.889. The highest BCUT2D eigenvalue weighted by molar-refractivity contribution is 7.91. The summed E-state index contributed by atoms with van der Waals surface area (Å²) in [5.74, 6) is -0.0130. The van der Waals surface area contributed by atoms with Gasteiger partial charge in [-0.3, -0.25) is 0 Å². The van der Waals surface area contributed by atoms with Crippen LogP contribution in [0.5, 0.6) is 5.75 Å². The highest BCUT2D eigenvalue weighted by Gasteiger charge is 2.20. The van der Waals surface area contributed by atoms with E-state index in [1.807, 2.05) is 6.07 Å². The van der Waals surface area contributed by atoms with Gasteiger partial charge in [0.15, 0.2) is 11.6 Å². The molecule has 4 nitrogen and oxygen atoms in total. The van der Waals surface area contributed by atoms with Crippen molar-refractivity contribution >= 4 is 9.84 Å². The van der Waals surface area contributed by atoms with Crippen molar-refractivity contribution in [1.29, 1.82) is 0 Å². The lowest BCUT2D eigenvalue weighted by Gasteiger charge is -2.09. The van der Waals surface area contributed by atoms with Crippen molar-refractivity contribution in [2.75, 3.05) is 18.1 Å². The Morgan fingerprint density at radius 2 is 2.14 bits per heavy atom. The molecular weight excluding hydrogens is 293 g/mol. The smallest absolute Gasteiger partial charge is 0.165 e. The molecule has 0 saturated heterocycles. The summed E-state index contributed by atoms with van der Waals surface area (Å²) in [6.45, 7) is 2.48. The van der Waals surface area contributed by atoms with Gasteiger partial charge in [-0.1, -0.05) is 13.0 Å². The molecule has 0 unspecified atom stereocenters. The Bertz CT molecular complexity index is 570. The highest BCUT2D eigenvalue weighted by Crippen LogP contribution is 2.21. The van der Waals surface area contributed by atoms with E-state index in [9.17, 15) is 12.8 Å². The largest absolute Gasteiger partial charge is 0.490 e. The van der Waals surface area contributed by atoms with E-state index in [1.165, 1.54) is 18.9 Å². The molecular formula is C15H22FNO3S. The minimum atomic E-state index is -2.98. The number of hydrogen-bond acceptors (Lipinski definition) is 4. The van der Waals surface area contributed by atoms with Gasteiger partial charge in [-0.25, -0.2) is 12.8 Å². The van der Waals surface area contributed by atoms with Gasteiger partial charge in [-0.2, -0.15) is 0 Å². The van der Waals surface area contributed by atoms with E-state index in [-0.39, 0.29) is 23.9 Å². The molecule has 1 aliphatic rings. The average Bonchev–Trinajstić information content (AvgIpc) is 3.27. The monoisotopic (exact) mass is 315 g/mol. The number of nitrogens with one attached hydrogen (secondary N) is 1. The number of halogens is 1. The summed E-state index contributed by atoms with van der Waals surface area (Å²) < 4.78 is 41.8. The molecule has 1 aromatic carbocycles. The molecule has 1 fully saturated rings. The van der Waals surface area contributed by atoms with Crippen LogP contribution in [0.3, 0.4) is 0 Å². The first kappa shape index (κ1) is 16.2. The SMILES string of the molecule is CCS(=O)(=O)CCCOc1ccc(CNC2CC2)cc1F. The molecule has 2 rings (SSSR count). The number of benzene rings is 1. The van der Waals surface area contributed by atoms with Crippen molar-refractivity contribution in [2.24, 2.45) is 0 Å². The van der Waals surface area contributed by atoms with E-state index in [0.29, 0.717) is 19.0 Å². The Morgan fingerprint density at radius 1 is 1.38 bits per heavy atom. The number of hydrogen-bond donors (Lipinski definition) is 1. The first-order valence-corrected chi connectivity index (χ1v) is 9.17. The van der Waals surface area contributed by atoms with Gasteiger partial charge in [0, 0.05) is 18.3 Å². The first-order chi connectivity index (χ1) is 10.00. The molecule has 0 radical (unpaired) electrons. The Morgan fingerprint density at radius 3 is 2.76 bits per heavy atom. The first-order valence-electron chi connectivity index (χ1n) is 7.35. The molecule has 0 bridgehead atoms. The minimum absolute atomic E-state index is 0.0779. The summed E-state index contributed by atoms with van der Waals surface area (Å²) in [6, 6.07) is 5.49. The maximum Gasteiger partial charge on any atom is 0.165 e. The predicted octanol–water partition coefficient (Wildman–Crippen LogP) is 2.28. The predicted molar refractivity (Wildman–Crippen MR) is 80.7 cm³/mol. The second-order valence-corrected chi connectivity index (χ2v) is 7.83. The molecule has 6 heteroatoms. The maximum absolute atomic E-state index is 13.8. The molecule has 1 aromatic rings. The van der Waals surface area contributed by atoms with Crippen LogP contribution in [0.15, 0.2) is 18.2 Å². The summed E-state index contributed by atoms with van der Waals surface area (Å²) in [4.78, 5) is 0. The lowest BCUT2D eigenvalue weighted by atomic mass is 10.2. The van der Waals surface area contributed by atoms with Gasteiger partial charge in [0.2, 0.25) is 0 Å². The van der Waals surface area contributed by atoms with E-state index in [4.69, 9.17) is 4.74 Å². The fraction of sp³-hybridized carbons (Fsp3) is 0.600. The quantitative estimate of drug-likeness (QED) is 0.710. The number of sulfone groups is 1. The Labute approximate surface area is 125 Å². The second kappa shape index (κ2) is 7.22. The molecule has 118 valence electrons. The molecule has 1 aliphatic carbocycles. The van der Waals surface area contributed by atoms with Gasteiger partial charge in [0.1, 0.15) is 9.84 Å². The van der Waals surface area contributed by atoms with Crippen LogP contribution in [0.1, 0.15) is 31.7 Å². The molecule has 0 amide bonds. The Kier molecular flexibility index (Phi) is 5.58. The van der Waals surface area contributed by atoms with Gasteiger partial charge in [0.25, 0.3) is 0 Å². The molecule has 0 aromatic heterocycles. The third-order valence-corrected chi connectivity index (χ3v) is 5.26. The van der Waals surface area contributed by atoms with Crippen LogP contribution in [-0.4, -0.2) is 32.6 Å². The Balaban J connectivity index is 1.77. The standard InChI is InChI=1S/C15H22FNO3S/c1-2-21(18,19)9-3-8-20-15-7-4-12(10-14(15)16)11-17-13-5-6-13/h4,7,10,13,17H,2-3,5-6,8-9,11H2,1H3. The molecule has 21 heavy (non-hydrogen) atoms. The zero-order valence-electron chi connectivity index (χ0n) is 12.3. The van der Waals surface area contributed by atoms with Gasteiger partial charge >= 0.3 is 0 Å². The van der Waals surface area contributed by atoms with Gasteiger partial charge in [0.05, 0.1) is 12.4 Å². The molecule has 1 N–H and O–H groups in total. The zero-order chi connectivity index (χ0) is 15.3. The normalized spacial score (nSPS) is 15.1. The fourth-order valence-corrected chi connectivity index (χ4v) is 2.77. The van der Waals surface area contributed by atoms with Gasteiger partial charge in [-0.15, -0.1) is 0 Å². The summed E-state index contributed by atoms with van der Waals surface area (Å²) in [7, 11) is -2.98. The van der Waals surface area contributed by atoms with Crippen LogP contribution in [0.25, 0.3) is 0 Å². The van der Waals surface area contributed by atoms with Crippen LogP contribution in [-0.2, 0) is 16.4 Å². The van der Waals surface area contributed by atoms with Crippen molar-refractivity contribution in [1.82, 2.24) is 5.32 Å². The molecule has 1 saturated carbocycles. The fourth-order valence-electron chi connectivity index (χ4n) is 1.93. The number of ether oxygens (including phenoxy) is 1. The van der Waals surface area contributed by atoms with Crippen molar-refractivity contribution in [3.05, 3.63) is 29.6 Å². The van der Waals surface area contributed by atoms with E-state index in [1.54, 1.807) is 13.0 Å². The zero-order valence-corrected chi connectivity index (χ0v) is 13.1. The van der Waals surface area contributed by atoms with E-state index in [0.717, 1.165) is 5.56 Å². The van der Waals surface area contributed by atoms with Crippen molar-refractivity contribution < 1.29 is 17.5 Å². The van der Waals surface area contributed by atoms with Crippen LogP contribution in [0, 0.1) is 5.82 Å². The van der Waals surface area contributed by atoms with Crippen LogP contribution in [0.4, 0.5) is 4.39 Å². The Hall–Kier alpha value is -1.14. The van der Waals surface area contributed by atoms with E-state index < -0.39 is 15.7 Å². The minimum Gasteiger partial charge on any atom is -0.490 e. The van der Waals surface area contributed by atoms with Gasteiger partial charge in [-0.05, 0) is 37.0 Å². The van der Waals surface area contributed by atoms with E-state index >= 15 is 0 Å². The second-order valence-electron chi connectivity index (χ2n) is 5.36. The van der Waals surface area contributed by atoms with E-state index in [2.05, 4.69) is 5.32 Å². The molecule has 0 spiro atoms. The molecule has 0 heterocycles. The summed E-state index contributed by atoms with van der Waals surface area (Å²) in [5, 5.41) is 3.32. The van der Waals surface area contributed by atoms with Gasteiger partial charge < -0.3 is 10.1 Å². The molecule has 0 aliphatic heterocycles. The summed E-state index contributed by atoms with van der Waals surface area (Å²) in [6.07, 6.45) is 2.77. The van der Waals surface area contributed by atoms with Crippen LogP contribution < -0.4 is 10.1 Å². The van der Waals surface area contributed by atoms with Crippen molar-refractivity contribution in [3.8, 4) is 5.75 Å². The third kappa shape index (κ3) is 5.63. The number of rotatable bonds is 9. The lowest BCUT2D eigenvalue weighted by Crippen LogP contribution is -2.15. The van der Waals surface area contributed by atoms with Crippen molar-refractivity contribution in [3.63, 3.8) is 0 Å². The van der Waals surface area contributed by atoms with Crippen LogP contribution in [0.2, 0.25) is 0 Å². The highest BCUT2D eigenvalue weighted by atomic mass is 32.2. The topological polar surface area (TPSA) is 55.4 Å². The van der Waals surface area contributed by atoms with Crippen LogP contribution >= 0.6 is 0 Å². The maximum atomic E-state index is 13.8. The average molecular weight is 315 g/mol. The molecule has 0 atom stereocenters.